The number of rotatable bonds is 2. The normalized spacial score (nSPS) is 11.7. The van der Waals surface area contributed by atoms with Crippen molar-refractivity contribution in [1.29, 1.82) is 0 Å². The van der Waals surface area contributed by atoms with E-state index in [4.69, 9.17) is 0 Å². The second-order valence-electron chi connectivity index (χ2n) is 3.39. The molecule has 2 rings (SSSR count). The lowest BCUT2D eigenvalue weighted by atomic mass is 10.2. The maximum atomic E-state index is 13.2. The molecule has 0 spiro atoms. The summed E-state index contributed by atoms with van der Waals surface area (Å²) in [5.74, 6) is -0.449. The third-order valence-corrected chi connectivity index (χ3v) is 3.28. The first-order valence-corrected chi connectivity index (χ1v) is 7.11. The van der Waals surface area contributed by atoms with Gasteiger partial charge in [0.05, 0.1) is 10.7 Å². The van der Waals surface area contributed by atoms with Crippen molar-refractivity contribution in [3.05, 3.63) is 34.7 Å². The molecule has 0 amide bonds. The first-order chi connectivity index (χ1) is 7.87. The highest BCUT2D eigenvalue weighted by atomic mass is 79.9. The Hall–Kier alpha value is -1.21. The fourth-order valence-corrected chi connectivity index (χ4v) is 2.20. The number of nitrogens with zero attached hydrogens (tertiary/aromatic N) is 1. The molecule has 4 nitrogen and oxygen atoms in total. The molecule has 0 fully saturated rings. The molecule has 17 heavy (non-hydrogen) atoms. The Labute approximate surface area is 106 Å². The first kappa shape index (κ1) is 12.3. The van der Waals surface area contributed by atoms with Gasteiger partial charge in [-0.2, -0.15) is 8.42 Å². The highest BCUT2D eigenvalue weighted by Crippen LogP contribution is 2.28. The summed E-state index contributed by atoms with van der Waals surface area (Å²) in [5, 5.41) is 1.18. The fraction of sp³-hybridized carbons (Fsp3) is 0.100. The topological polar surface area (TPSA) is 56.3 Å². The monoisotopic (exact) mass is 319 g/mol. The molecule has 90 valence electrons. The van der Waals surface area contributed by atoms with E-state index in [2.05, 4.69) is 25.1 Å². The zero-order chi connectivity index (χ0) is 12.6. The maximum Gasteiger partial charge on any atom is 0.307 e. The van der Waals surface area contributed by atoms with Crippen molar-refractivity contribution < 1.29 is 17.0 Å². The molecule has 0 aliphatic rings. The van der Waals surface area contributed by atoms with Gasteiger partial charge in [-0.05, 0) is 27.4 Å². The van der Waals surface area contributed by atoms with Crippen LogP contribution in [0, 0.1) is 5.82 Å². The minimum atomic E-state index is -3.61. The van der Waals surface area contributed by atoms with Gasteiger partial charge in [0.25, 0.3) is 0 Å². The quantitative estimate of drug-likeness (QED) is 0.798. The minimum absolute atomic E-state index is 0.0430. The van der Waals surface area contributed by atoms with E-state index in [1.54, 1.807) is 0 Å². The molecule has 7 heteroatoms. The van der Waals surface area contributed by atoms with Crippen LogP contribution in [0.3, 0.4) is 0 Å². The maximum absolute atomic E-state index is 13.2. The number of fused-ring (bicyclic) bond motifs is 1. The second-order valence-corrected chi connectivity index (χ2v) is 5.76. The summed E-state index contributed by atoms with van der Waals surface area (Å²) in [6.45, 7) is 0. The molecular weight excluding hydrogens is 313 g/mol. The van der Waals surface area contributed by atoms with Crippen molar-refractivity contribution in [3.8, 4) is 5.88 Å². The Morgan fingerprint density at radius 2 is 2.12 bits per heavy atom. The van der Waals surface area contributed by atoms with E-state index in [0.29, 0.717) is 10.8 Å². The molecular formula is C10H7BrFNO3S. The van der Waals surface area contributed by atoms with Gasteiger partial charge in [0.2, 0.25) is 5.88 Å². The first-order valence-electron chi connectivity index (χ1n) is 4.50. The van der Waals surface area contributed by atoms with Crippen LogP contribution in [0.15, 0.2) is 28.9 Å². The number of hydrogen-bond acceptors (Lipinski definition) is 4. The SMILES string of the molecule is CS(=O)(=O)Oc1cc2ccc(F)c(Br)c2cn1. The smallest absolute Gasteiger partial charge is 0.307 e. The summed E-state index contributed by atoms with van der Waals surface area (Å²) >= 11 is 3.09. The highest BCUT2D eigenvalue weighted by molar-refractivity contribution is 9.10. The third-order valence-electron chi connectivity index (χ3n) is 2.00. The molecule has 0 aliphatic heterocycles. The lowest BCUT2D eigenvalue weighted by Gasteiger charge is -2.05. The van der Waals surface area contributed by atoms with Crippen LogP contribution >= 0.6 is 15.9 Å². The minimum Gasteiger partial charge on any atom is -0.362 e. The van der Waals surface area contributed by atoms with Crippen molar-refractivity contribution in [3.63, 3.8) is 0 Å². The van der Waals surface area contributed by atoms with E-state index in [9.17, 15) is 12.8 Å². The zero-order valence-corrected chi connectivity index (χ0v) is 11.0. The number of aromatic nitrogens is 1. The average molecular weight is 320 g/mol. The third kappa shape index (κ3) is 2.73. The van der Waals surface area contributed by atoms with Gasteiger partial charge in [0.15, 0.2) is 0 Å². The van der Waals surface area contributed by atoms with Crippen molar-refractivity contribution in [2.45, 2.75) is 0 Å². The molecule has 0 N–H and O–H groups in total. The Bertz CT molecular complexity index is 687. The summed E-state index contributed by atoms with van der Waals surface area (Å²) in [4.78, 5) is 3.80. The zero-order valence-electron chi connectivity index (χ0n) is 8.65. The molecule has 0 atom stereocenters. The van der Waals surface area contributed by atoms with Crippen molar-refractivity contribution in [1.82, 2.24) is 4.98 Å². The van der Waals surface area contributed by atoms with Crippen LogP contribution in [0.2, 0.25) is 0 Å². The Morgan fingerprint density at radius 1 is 1.41 bits per heavy atom. The van der Waals surface area contributed by atoms with Crippen LogP contribution < -0.4 is 4.18 Å². The molecule has 0 unspecified atom stereocenters. The van der Waals surface area contributed by atoms with Crippen LogP contribution in [0.25, 0.3) is 10.8 Å². The molecule has 0 saturated heterocycles. The summed E-state index contributed by atoms with van der Waals surface area (Å²) < 4.78 is 40.0. The van der Waals surface area contributed by atoms with Crippen molar-refractivity contribution >= 4 is 36.8 Å². The lowest BCUT2D eigenvalue weighted by molar-refractivity contribution is 0.483. The summed E-state index contributed by atoms with van der Waals surface area (Å²) in [7, 11) is -3.61. The van der Waals surface area contributed by atoms with E-state index in [0.717, 1.165) is 6.26 Å². The molecule has 1 aromatic carbocycles. The number of hydrogen-bond donors (Lipinski definition) is 0. The van der Waals surface area contributed by atoms with Gasteiger partial charge in [-0.1, -0.05) is 6.07 Å². The molecule has 0 radical (unpaired) electrons. The van der Waals surface area contributed by atoms with Crippen LogP contribution in [0.4, 0.5) is 4.39 Å². The van der Waals surface area contributed by atoms with E-state index in [1.165, 1.54) is 24.4 Å². The number of halogens is 2. The van der Waals surface area contributed by atoms with E-state index in [-0.39, 0.29) is 10.4 Å². The number of pyridine rings is 1. The molecule has 0 aliphatic carbocycles. The Balaban J connectivity index is 2.56. The van der Waals surface area contributed by atoms with Crippen LogP contribution in [0.5, 0.6) is 5.88 Å². The fourth-order valence-electron chi connectivity index (χ4n) is 1.34. The Kier molecular flexibility index (Phi) is 3.05. The van der Waals surface area contributed by atoms with Gasteiger partial charge >= 0.3 is 10.1 Å². The molecule has 1 heterocycles. The number of benzene rings is 1. The standard InChI is InChI=1S/C10H7BrFNO3S/c1-17(14,15)16-9-4-6-2-3-8(12)10(11)7(6)5-13-9/h2-5H,1H3. The van der Waals surface area contributed by atoms with Gasteiger partial charge in [-0.25, -0.2) is 9.37 Å². The summed E-state index contributed by atoms with van der Waals surface area (Å²) in [5.41, 5.74) is 0. The summed E-state index contributed by atoms with van der Waals surface area (Å²) in [6, 6.07) is 4.23. The largest absolute Gasteiger partial charge is 0.362 e. The molecule has 1 aromatic heterocycles. The van der Waals surface area contributed by atoms with Gasteiger partial charge in [0, 0.05) is 17.6 Å². The second kappa shape index (κ2) is 4.23. The van der Waals surface area contributed by atoms with Crippen LogP contribution in [-0.2, 0) is 10.1 Å². The van der Waals surface area contributed by atoms with E-state index in [1.807, 2.05) is 0 Å². The van der Waals surface area contributed by atoms with Gasteiger partial charge in [-0.3, -0.25) is 0 Å². The van der Waals surface area contributed by atoms with E-state index < -0.39 is 15.9 Å². The predicted octanol–water partition coefficient (Wildman–Crippen LogP) is 2.47. The average Bonchev–Trinajstić information content (AvgIpc) is 2.21. The van der Waals surface area contributed by atoms with Gasteiger partial charge in [-0.15, -0.1) is 0 Å². The highest BCUT2D eigenvalue weighted by Gasteiger charge is 2.09. The van der Waals surface area contributed by atoms with Crippen molar-refractivity contribution in [2.75, 3.05) is 6.26 Å². The predicted molar refractivity (Wildman–Crippen MR) is 64.9 cm³/mol. The van der Waals surface area contributed by atoms with E-state index >= 15 is 0 Å². The molecule has 2 aromatic rings. The van der Waals surface area contributed by atoms with Gasteiger partial charge in [0.1, 0.15) is 5.82 Å². The van der Waals surface area contributed by atoms with Gasteiger partial charge < -0.3 is 4.18 Å². The van der Waals surface area contributed by atoms with Crippen LogP contribution in [0.1, 0.15) is 0 Å². The molecule has 0 saturated carbocycles. The van der Waals surface area contributed by atoms with Crippen molar-refractivity contribution in [2.24, 2.45) is 0 Å². The summed E-state index contributed by atoms with van der Waals surface area (Å²) in [6.07, 6.45) is 2.28. The lowest BCUT2D eigenvalue weighted by Crippen LogP contribution is -2.06. The van der Waals surface area contributed by atoms with Crippen LogP contribution in [-0.4, -0.2) is 19.7 Å². The Morgan fingerprint density at radius 3 is 2.76 bits per heavy atom. The molecule has 0 bridgehead atoms.